The molecule has 1 unspecified atom stereocenters. The fourth-order valence-electron chi connectivity index (χ4n) is 3.15. The molecule has 1 fully saturated rings. The van der Waals surface area contributed by atoms with Gasteiger partial charge in [-0.25, -0.2) is 0 Å². The van der Waals surface area contributed by atoms with Crippen molar-refractivity contribution in [3.63, 3.8) is 0 Å². The van der Waals surface area contributed by atoms with E-state index in [4.69, 9.17) is 17.3 Å². The summed E-state index contributed by atoms with van der Waals surface area (Å²) < 4.78 is 0. The summed E-state index contributed by atoms with van der Waals surface area (Å²) in [5.41, 5.74) is 8.48. The average Bonchev–Trinajstić information content (AvgIpc) is 2.89. The number of aliphatic imine (C=N–C) groups is 1. The van der Waals surface area contributed by atoms with Gasteiger partial charge in [-0.05, 0) is 48.9 Å². The zero-order valence-electron chi connectivity index (χ0n) is 13.4. The van der Waals surface area contributed by atoms with Crippen LogP contribution in [0.15, 0.2) is 29.4 Å². The van der Waals surface area contributed by atoms with Crippen molar-refractivity contribution in [2.45, 2.75) is 26.2 Å². The van der Waals surface area contributed by atoms with Crippen molar-refractivity contribution in [2.75, 3.05) is 19.6 Å². The molecule has 1 aromatic heterocycles. The van der Waals surface area contributed by atoms with E-state index in [-0.39, 0.29) is 24.0 Å². The van der Waals surface area contributed by atoms with Gasteiger partial charge >= 0.3 is 0 Å². The summed E-state index contributed by atoms with van der Waals surface area (Å²) in [5.74, 6) is 1.39. The predicted molar refractivity (Wildman–Crippen MR) is 109 cm³/mol. The van der Waals surface area contributed by atoms with E-state index in [1.165, 1.54) is 23.8 Å². The van der Waals surface area contributed by atoms with E-state index in [2.05, 4.69) is 21.8 Å². The van der Waals surface area contributed by atoms with Crippen molar-refractivity contribution >= 4 is 52.4 Å². The minimum absolute atomic E-state index is 0. The number of nitrogens with zero attached hydrogens (tertiary/aromatic N) is 2. The SMILES string of the molecule is CC1CCCN(C(N)=NCCc2c[nH]c3ccc(Cl)cc23)C1.I. The highest BCUT2D eigenvalue weighted by atomic mass is 127. The molecule has 1 aliphatic heterocycles. The highest BCUT2D eigenvalue weighted by molar-refractivity contribution is 14.0. The van der Waals surface area contributed by atoms with E-state index in [1.807, 2.05) is 24.4 Å². The van der Waals surface area contributed by atoms with Gasteiger partial charge in [0.1, 0.15) is 0 Å². The van der Waals surface area contributed by atoms with E-state index in [0.29, 0.717) is 18.4 Å². The first-order valence-corrected chi connectivity index (χ1v) is 8.31. The third kappa shape index (κ3) is 4.53. The second-order valence-electron chi connectivity index (χ2n) is 6.19. The van der Waals surface area contributed by atoms with Crippen LogP contribution in [0.25, 0.3) is 10.9 Å². The number of rotatable bonds is 3. The number of hydrogen-bond donors (Lipinski definition) is 2. The number of aromatic nitrogens is 1. The number of fused-ring (bicyclic) bond motifs is 1. The van der Waals surface area contributed by atoms with Crippen molar-refractivity contribution < 1.29 is 0 Å². The lowest BCUT2D eigenvalue weighted by Crippen LogP contribution is -2.43. The molecule has 0 aliphatic carbocycles. The van der Waals surface area contributed by atoms with Crippen LogP contribution in [0, 0.1) is 5.92 Å². The van der Waals surface area contributed by atoms with Gasteiger partial charge < -0.3 is 15.6 Å². The zero-order chi connectivity index (χ0) is 15.5. The maximum Gasteiger partial charge on any atom is 0.191 e. The van der Waals surface area contributed by atoms with Crippen LogP contribution in [-0.2, 0) is 6.42 Å². The van der Waals surface area contributed by atoms with Gasteiger partial charge in [-0.3, -0.25) is 4.99 Å². The molecule has 1 aliphatic rings. The van der Waals surface area contributed by atoms with Gasteiger partial charge in [0, 0.05) is 41.8 Å². The second kappa shape index (κ2) is 8.24. The molecule has 0 amide bonds. The third-order valence-corrected chi connectivity index (χ3v) is 4.60. The number of halogens is 2. The first-order valence-electron chi connectivity index (χ1n) is 7.94. The molecular weight excluding hydrogens is 423 g/mol. The smallest absolute Gasteiger partial charge is 0.191 e. The highest BCUT2D eigenvalue weighted by Gasteiger charge is 2.17. The Bertz CT molecular complexity index is 682. The summed E-state index contributed by atoms with van der Waals surface area (Å²) in [6.07, 6.45) is 5.40. The molecule has 1 aromatic carbocycles. The van der Waals surface area contributed by atoms with Crippen LogP contribution in [0.5, 0.6) is 0 Å². The molecule has 2 heterocycles. The summed E-state index contributed by atoms with van der Waals surface area (Å²) in [6.45, 7) is 5.03. The Hall–Kier alpha value is -0.950. The van der Waals surface area contributed by atoms with Crippen LogP contribution in [0.3, 0.4) is 0 Å². The summed E-state index contributed by atoms with van der Waals surface area (Å²) >= 11 is 6.08. The first-order chi connectivity index (χ1) is 10.6. The van der Waals surface area contributed by atoms with E-state index in [0.717, 1.165) is 30.0 Å². The molecule has 4 nitrogen and oxygen atoms in total. The van der Waals surface area contributed by atoms with E-state index < -0.39 is 0 Å². The molecule has 2 aromatic rings. The van der Waals surface area contributed by atoms with Gasteiger partial charge in [0.15, 0.2) is 5.96 Å². The van der Waals surface area contributed by atoms with Gasteiger partial charge in [-0.1, -0.05) is 18.5 Å². The normalized spacial score (nSPS) is 19.0. The number of guanidine groups is 1. The molecule has 1 atom stereocenters. The predicted octanol–water partition coefficient (Wildman–Crippen LogP) is 4.03. The fraction of sp³-hybridized carbons (Fsp3) is 0.471. The van der Waals surface area contributed by atoms with Crippen molar-refractivity contribution in [2.24, 2.45) is 16.6 Å². The number of benzene rings is 1. The van der Waals surface area contributed by atoms with Crippen LogP contribution in [0.2, 0.25) is 5.02 Å². The minimum Gasteiger partial charge on any atom is -0.370 e. The van der Waals surface area contributed by atoms with Crippen molar-refractivity contribution in [3.8, 4) is 0 Å². The Morgan fingerprint density at radius 3 is 3.09 bits per heavy atom. The molecule has 23 heavy (non-hydrogen) atoms. The molecule has 6 heteroatoms. The molecule has 126 valence electrons. The molecule has 3 rings (SSSR count). The first kappa shape index (κ1) is 18.4. The van der Waals surface area contributed by atoms with Crippen LogP contribution in [0.1, 0.15) is 25.3 Å². The van der Waals surface area contributed by atoms with Crippen LogP contribution in [-0.4, -0.2) is 35.5 Å². The lowest BCUT2D eigenvalue weighted by molar-refractivity contribution is 0.270. The Morgan fingerprint density at radius 1 is 1.48 bits per heavy atom. The Kier molecular flexibility index (Phi) is 6.59. The quantitative estimate of drug-likeness (QED) is 0.425. The van der Waals surface area contributed by atoms with Gasteiger partial charge in [0.2, 0.25) is 0 Å². The van der Waals surface area contributed by atoms with E-state index in [1.54, 1.807) is 0 Å². The molecule has 0 spiro atoms. The Balaban J connectivity index is 0.00000192. The van der Waals surface area contributed by atoms with Crippen molar-refractivity contribution in [3.05, 3.63) is 35.0 Å². The molecular formula is C17H24ClIN4. The third-order valence-electron chi connectivity index (χ3n) is 4.37. The van der Waals surface area contributed by atoms with Gasteiger partial charge in [-0.2, -0.15) is 0 Å². The molecule has 0 radical (unpaired) electrons. The van der Waals surface area contributed by atoms with Crippen LogP contribution < -0.4 is 5.73 Å². The van der Waals surface area contributed by atoms with E-state index >= 15 is 0 Å². The maximum atomic E-state index is 6.13. The van der Waals surface area contributed by atoms with Crippen molar-refractivity contribution in [1.82, 2.24) is 9.88 Å². The van der Waals surface area contributed by atoms with E-state index in [9.17, 15) is 0 Å². The average molecular weight is 447 g/mol. The van der Waals surface area contributed by atoms with Crippen LogP contribution >= 0.6 is 35.6 Å². The summed E-state index contributed by atoms with van der Waals surface area (Å²) in [4.78, 5) is 10.0. The standard InChI is InChI=1S/C17H23ClN4.HI/c1-12-3-2-8-22(11-12)17(19)20-7-6-13-10-21-16-5-4-14(18)9-15(13)16;/h4-5,9-10,12,21H,2-3,6-8,11H2,1H3,(H2,19,20);1H. The number of nitrogens with two attached hydrogens (primary N) is 1. The Morgan fingerprint density at radius 2 is 2.30 bits per heavy atom. The number of nitrogens with one attached hydrogen (secondary N) is 1. The number of H-pyrrole nitrogens is 1. The summed E-state index contributed by atoms with van der Waals surface area (Å²) in [5, 5.41) is 1.94. The Labute approximate surface area is 159 Å². The summed E-state index contributed by atoms with van der Waals surface area (Å²) in [7, 11) is 0. The fourth-order valence-corrected chi connectivity index (χ4v) is 3.32. The zero-order valence-corrected chi connectivity index (χ0v) is 16.5. The van der Waals surface area contributed by atoms with Gasteiger partial charge in [0.25, 0.3) is 0 Å². The molecule has 0 saturated carbocycles. The number of hydrogen-bond acceptors (Lipinski definition) is 1. The van der Waals surface area contributed by atoms with Gasteiger partial charge in [0.05, 0.1) is 0 Å². The summed E-state index contributed by atoms with van der Waals surface area (Å²) in [6, 6.07) is 5.91. The molecule has 3 N–H and O–H groups in total. The lowest BCUT2D eigenvalue weighted by atomic mass is 10.0. The topological polar surface area (TPSA) is 57.4 Å². The largest absolute Gasteiger partial charge is 0.370 e. The second-order valence-corrected chi connectivity index (χ2v) is 6.62. The number of likely N-dealkylation sites (tertiary alicyclic amines) is 1. The molecule has 1 saturated heterocycles. The van der Waals surface area contributed by atoms with Gasteiger partial charge in [-0.15, -0.1) is 24.0 Å². The number of aromatic amines is 1. The minimum atomic E-state index is 0. The highest BCUT2D eigenvalue weighted by Crippen LogP contribution is 2.22. The lowest BCUT2D eigenvalue weighted by Gasteiger charge is -2.31. The van der Waals surface area contributed by atoms with Crippen molar-refractivity contribution in [1.29, 1.82) is 0 Å². The molecule has 0 bridgehead atoms. The monoisotopic (exact) mass is 446 g/mol. The van der Waals surface area contributed by atoms with Crippen LogP contribution in [0.4, 0.5) is 0 Å². The maximum absolute atomic E-state index is 6.13. The number of piperidine rings is 1.